The van der Waals surface area contributed by atoms with Crippen LogP contribution in [-0.2, 0) is 66.4 Å². The highest BCUT2D eigenvalue weighted by Crippen LogP contribution is 2.25. The van der Waals surface area contributed by atoms with Crippen LogP contribution in [0.15, 0.2) is 113 Å². The van der Waals surface area contributed by atoms with Gasteiger partial charge in [-0.3, -0.25) is 19.3 Å². The Hall–Kier alpha value is -5.57. The minimum absolute atomic E-state index is 0.00114. The largest absolute Gasteiger partial charge is 0.397 e. The second-order valence-corrected chi connectivity index (χ2v) is 20.6. The average molecular weight is 1060 g/mol. The number of nitrogens with one attached hydrogen (secondary N) is 3. The van der Waals surface area contributed by atoms with Gasteiger partial charge in [0.1, 0.15) is 0 Å². The number of aliphatic hydroxyl groups is 2. The van der Waals surface area contributed by atoms with Crippen LogP contribution in [0.5, 0.6) is 0 Å². The molecule has 0 saturated carbocycles. The maximum atomic E-state index is 13.3. The van der Waals surface area contributed by atoms with Crippen LogP contribution in [0.3, 0.4) is 0 Å². The number of anilines is 2. The Kier molecular flexibility index (Phi) is 25.9. The third-order valence-corrected chi connectivity index (χ3v) is 13.4. The number of benzene rings is 4. The summed E-state index contributed by atoms with van der Waals surface area (Å²) in [4.78, 5) is 41.4. The second kappa shape index (κ2) is 30.6. The number of amides is 2. The normalized spacial score (nSPS) is 13.5. The lowest BCUT2D eigenvalue weighted by Gasteiger charge is -2.30. The number of hydrogen-bond donors (Lipinski definition) is 7. The molecule has 4 atom stereocenters. The summed E-state index contributed by atoms with van der Waals surface area (Å²) in [6.45, 7) is 15.8. The molecule has 1 heterocycles. The van der Waals surface area contributed by atoms with Crippen molar-refractivity contribution in [3.05, 3.63) is 115 Å². The lowest BCUT2D eigenvalue weighted by Crippen LogP contribution is -2.50. The zero-order valence-corrected chi connectivity index (χ0v) is 44.6. The number of carbonyl (C=O) groups is 2. The minimum atomic E-state index is -4.16. The van der Waals surface area contributed by atoms with E-state index in [0.29, 0.717) is 43.7 Å². The first kappa shape index (κ1) is 61.7. The molecule has 2 amide bonds. The van der Waals surface area contributed by atoms with Crippen LogP contribution in [0.4, 0.5) is 11.4 Å². The molecule has 9 N–H and O–H groups in total. The molecule has 0 aliphatic rings. The molecule has 5 aromatic rings. The molecule has 0 bridgehead atoms. The van der Waals surface area contributed by atoms with Gasteiger partial charge in [0.25, 0.3) is 26.5 Å². The van der Waals surface area contributed by atoms with Gasteiger partial charge in [-0.05, 0) is 109 Å². The van der Waals surface area contributed by atoms with Crippen LogP contribution in [0.25, 0.3) is 11.0 Å². The smallest absolute Gasteiger partial charge is 0.271 e. The topological polar surface area (TPSA) is 300 Å². The van der Waals surface area contributed by atoms with E-state index in [1.165, 1.54) is 50.5 Å². The molecule has 404 valence electrons. The van der Waals surface area contributed by atoms with Crippen molar-refractivity contribution in [3.63, 3.8) is 0 Å². The van der Waals surface area contributed by atoms with E-state index in [-0.39, 0.29) is 39.5 Å². The van der Waals surface area contributed by atoms with Crippen molar-refractivity contribution in [3.8, 4) is 0 Å². The SMILES string of the molecule is CC(=O)N[C@@H](Cc1ccccc1)[C@H](O)CN(OC(C)C)S(=O)(=O)c1ccc(N)c(N)c1.CC(=O)N[C@@H](Cc1ccccc1)[C@H](O)CN(OC(C)C)S(=O)(=O)c1ccc2nc[nH]c2c1.CCOC(OCC)OCC. The maximum Gasteiger partial charge on any atom is 0.271 e. The van der Waals surface area contributed by atoms with E-state index in [1.54, 1.807) is 33.8 Å². The first-order chi connectivity index (χ1) is 34.5. The molecule has 0 unspecified atom stereocenters. The van der Waals surface area contributed by atoms with Crippen LogP contribution >= 0.6 is 0 Å². The maximum absolute atomic E-state index is 13.3. The average Bonchev–Trinajstić information content (AvgIpc) is 3.81. The Bertz CT molecular complexity index is 2630. The van der Waals surface area contributed by atoms with Gasteiger partial charge in [-0.1, -0.05) is 69.6 Å². The van der Waals surface area contributed by atoms with E-state index < -0.39 is 69.6 Å². The molecule has 0 saturated heterocycles. The number of hydrogen-bond acceptors (Lipinski definition) is 16. The van der Waals surface area contributed by atoms with Gasteiger partial charge in [-0.25, -0.2) is 21.8 Å². The molecule has 0 spiro atoms. The van der Waals surface area contributed by atoms with E-state index in [2.05, 4.69) is 20.6 Å². The first-order valence-corrected chi connectivity index (χ1v) is 26.7. The summed E-state index contributed by atoms with van der Waals surface area (Å²) in [5.41, 5.74) is 14.8. The van der Waals surface area contributed by atoms with Gasteiger partial charge >= 0.3 is 0 Å². The van der Waals surface area contributed by atoms with Crippen LogP contribution in [0, 0.1) is 0 Å². The molecule has 1 aromatic heterocycles. The van der Waals surface area contributed by atoms with Crippen LogP contribution in [0.2, 0.25) is 0 Å². The molecule has 0 radical (unpaired) electrons. The van der Waals surface area contributed by atoms with Gasteiger partial charge < -0.3 is 51.5 Å². The Morgan fingerprint density at radius 3 is 1.42 bits per heavy atom. The van der Waals surface area contributed by atoms with Crippen molar-refractivity contribution >= 4 is 54.3 Å². The van der Waals surface area contributed by atoms with Crippen molar-refractivity contribution in [1.82, 2.24) is 29.5 Å². The molecule has 4 aromatic carbocycles. The van der Waals surface area contributed by atoms with Gasteiger partial charge in [-0.15, -0.1) is 0 Å². The lowest BCUT2D eigenvalue weighted by atomic mass is 10.0. The van der Waals surface area contributed by atoms with Gasteiger partial charge in [-0.2, -0.15) is 0 Å². The zero-order valence-electron chi connectivity index (χ0n) is 43.0. The van der Waals surface area contributed by atoms with E-state index in [9.17, 15) is 36.6 Å². The summed E-state index contributed by atoms with van der Waals surface area (Å²) < 4.78 is 69.8. The number of fused-ring (bicyclic) bond motifs is 1. The monoisotopic (exact) mass is 1060 g/mol. The third kappa shape index (κ3) is 20.7. The molecule has 21 nitrogen and oxygen atoms in total. The van der Waals surface area contributed by atoms with Crippen LogP contribution < -0.4 is 22.1 Å². The Morgan fingerprint density at radius 1 is 0.630 bits per heavy atom. The zero-order chi connectivity index (χ0) is 54.3. The standard InChI is InChI=1S/C22H28N4O5S.C21H30N4O5S.C7H16O3/c1-15(2)31-26(32(29,30)18-9-10-19-20(12-18)24-14-23-19)13-22(28)21(25-16(3)27)11-17-7-5-4-6-8-17;1-14(2)30-25(31(28,29)17-9-10-18(22)19(23)12-17)13-21(27)20(24-15(3)26)11-16-7-5-4-6-8-16;1-4-8-7(9-5-2)10-6-3/h4-10,12,14-15,21-22,28H,11,13H2,1-3H3,(H,23,24)(H,25,27);4-10,12,14,20-21,27H,11,13,22-23H2,1-3H3,(H,24,26);7H,4-6H2,1-3H3/t21-,22+;20-,21+;/m00./s1. The number of imidazole rings is 1. The van der Waals surface area contributed by atoms with Crippen molar-refractivity contribution in [2.75, 3.05) is 44.4 Å². The van der Waals surface area contributed by atoms with Crippen LogP contribution in [0.1, 0.15) is 73.4 Å². The highest BCUT2D eigenvalue weighted by molar-refractivity contribution is 7.89. The van der Waals surface area contributed by atoms with Gasteiger partial charge in [0.15, 0.2) is 0 Å². The number of ether oxygens (including phenoxy) is 3. The molecular weight excluding hydrogens is 985 g/mol. The number of rotatable bonds is 26. The summed E-state index contributed by atoms with van der Waals surface area (Å²) >= 11 is 0. The molecule has 0 fully saturated rings. The lowest BCUT2D eigenvalue weighted by molar-refractivity contribution is -0.282. The number of aromatic amines is 1. The molecule has 73 heavy (non-hydrogen) atoms. The molecular formula is C50H74N8O13S2. The number of hydroxylamine groups is 2. The number of nitrogens with two attached hydrogens (primary N) is 2. The quantitative estimate of drug-likeness (QED) is 0.0225. The summed E-state index contributed by atoms with van der Waals surface area (Å²) in [5, 5.41) is 27.2. The van der Waals surface area contributed by atoms with Gasteiger partial charge in [0.2, 0.25) is 11.8 Å². The Morgan fingerprint density at radius 2 is 1.04 bits per heavy atom. The number of H-pyrrole nitrogens is 1. The summed E-state index contributed by atoms with van der Waals surface area (Å²) in [6, 6.07) is 25.6. The molecule has 23 heteroatoms. The third-order valence-electron chi connectivity index (χ3n) is 10.1. The van der Waals surface area contributed by atoms with E-state index >= 15 is 0 Å². The van der Waals surface area contributed by atoms with Crippen molar-refractivity contribution in [2.24, 2.45) is 0 Å². The highest BCUT2D eigenvalue weighted by Gasteiger charge is 2.34. The van der Waals surface area contributed by atoms with Crippen LogP contribution in [-0.4, -0.2) is 134 Å². The van der Waals surface area contributed by atoms with E-state index in [1.807, 2.05) is 81.4 Å². The van der Waals surface area contributed by atoms with Gasteiger partial charge in [0, 0.05) is 33.7 Å². The van der Waals surface area contributed by atoms with E-state index in [4.69, 9.17) is 35.4 Å². The fraction of sp³-hybridized carbons (Fsp3) is 0.460. The first-order valence-electron chi connectivity index (χ1n) is 23.8. The minimum Gasteiger partial charge on any atom is -0.397 e. The summed E-state index contributed by atoms with van der Waals surface area (Å²) in [6.07, 6.45) is -1.28. The Balaban J connectivity index is 0.000000325. The Labute approximate surface area is 429 Å². The highest BCUT2D eigenvalue weighted by atomic mass is 32.2. The summed E-state index contributed by atoms with van der Waals surface area (Å²) in [5.74, 6) is -0.667. The number of sulfonamides is 2. The number of aliphatic hydroxyl groups excluding tert-OH is 2. The number of nitrogens with zero attached hydrogens (tertiary/aromatic N) is 3. The summed E-state index contributed by atoms with van der Waals surface area (Å²) in [7, 11) is -8.27. The molecule has 5 rings (SSSR count). The second-order valence-electron chi connectivity index (χ2n) is 16.9. The van der Waals surface area contributed by atoms with Crippen molar-refractivity contribution < 1.29 is 60.5 Å². The van der Waals surface area contributed by atoms with Crippen molar-refractivity contribution in [2.45, 2.75) is 128 Å². The molecule has 0 aliphatic carbocycles. The predicted molar refractivity (Wildman–Crippen MR) is 278 cm³/mol. The predicted octanol–water partition coefficient (Wildman–Crippen LogP) is 4.67. The van der Waals surface area contributed by atoms with Gasteiger partial charge in [0.05, 0.1) is 88.1 Å². The van der Waals surface area contributed by atoms with E-state index in [0.717, 1.165) is 20.1 Å². The van der Waals surface area contributed by atoms with Crippen molar-refractivity contribution in [1.29, 1.82) is 0 Å². The fourth-order valence-electron chi connectivity index (χ4n) is 6.83. The number of aromatic nitrogens is 2. The number of carbonyl (C=O) groups excluding carboxylic acids is 2. The number of nitrogen functional groups attached to an aromatic ring is 2. The fourth-order valence-corrected chi connectivity index (χ4v) is 9.59. The molecule has 0 aliphatic heterocycles.